The summed E-state index contributed by atoms with van der Waals surface area (Å²) in [5, 5.41) is 32.1. The number of aryl methyl sites for hydroxylation is 2. The zero-order chi connectivity index (χ0) is 32.5. The smallest absolute Gasteiger partial charge is 0.336 e. The highest BCUT2D eigenvalue weighted by Gasteiger charge is 2.22. The van der Waals surface area contributed by atoms with Gasteiger partial charge in [-0.2, -0.15) is 0 Å². The number of carbonyl (C=O) groups is 1. The van der Waals surface area contributed by atoms with E-state index in [2.05, 4.69) is 0 Å². The van der Waals surface area contributed by atoms with Crippen LogP contribution >= 0.6 is 0 Å². The van der Waals surface area contributed by atoms with Crippen LogP contribution in [-0.4, -0.2) is 21.1 Å². The van der Waals surface area contributed by atoms with Gasteiger partial charge in [0.1, 0.15) is 17.1 Å². The molecule has 0 saturated carbocycles. The number of benzene rings is 5. The summed E-state index contributed by atoms with van der Waals surface area (Å²) in [6.45, 7) is 3.46. The molecule has 8 nitrogen and oxygen atoms in total. The maximum atomic E-state index is 12.5. The second-order valence-corrected chi connectivity index (χ2v) is 11.0. The number of hydrogen-bond acceptors (Lipinski definition) is 6. The number of phenols is 1. The van der Waals surface area contributed by atoms with Crippen molar-refractivity contribution in [3.63, 3.8) is 0 Å². The zero-order valence-corrected chi connectivity index (χ0v) is 24.9. The highest BCUT2D eigenvalue weighted by atomic mass is 16.6. The van der Waals surface area contributed by atoms with Gasteiger partial charge >= 0.3 is 5.97 Å². The number of nitro benzene ring substituents is 1. The van der Waals surface area contributed by atoms with Crippen LogP contribution in [0.25, 0.3) is 57.7 Å². The molecule has 2 aliphatic rings. The maximum Gasteiger partial charge on any atom is 0.336 e. The van der Waals surface area contributed by atoms with Gasteiger partial charge in [-0.15, -0.1) is 0 Å². The number of carboxylic acids is 1. The lowest BCUT2D eigenvalue weighted by atomic mass is 9.90. The van der Waals surface area contributed by atoms with E-state index in [9.17, 15) is 29.9 Å². The van der Waals surface area contributed by atoms with E-state index in [0.29, 0.717) is 44.3 Å². The molecule has 2 N–H and O–H groups in total. The van der Waals surface area contributed by atoms with E-state index in [4.69, 9.17) is 4.42 Å². The monoisotopic (exact) mass is 609 g/mol. The van der Waals surface area contributed by atoms with E-state index in [1.165, 1.54) is 24.3 Å². The minimum atomic E-state index is -1.11. The number of hydrogen-bond donors (Lipinski definition) is 2. The number of phenolic OH excluding ortho intramolecular Hbond substituents is 1. The average Bonchev–Trinajstić information content (AvgIpc) is 3.01. The van der Waals surface area contributed by atoms with Gasteiger partial charge in [0.05, 0.1) is 10.5 Å². The van der Waals surface area contributed by atoms with Crippen LogP contribution in [0.5, 0.6) is 5.75 Å². The van der Waals surface area contributed by atoms with Gasteiger partial charge in [-0.1, -0.05) is 60.7 Å². The lowest BCUT2D eigenvalue weighted by Gasteiger charge is -2.17. The molecular formula is C38H27NO7. The number of aromatic hydroxyl groups is 1. The topological polar surface area (TPSA) is 131 Å². The minimum absolute atomic E-state index is 0.0162. The molecule has 0 radical (unpaired) electrons. The van der Waals surface area contributed by atoms with Crippen molar-refractivity contribution in [2.45, 2.75) is 13.8 Å². The van der Waals surface area contributed by atoms with Crippen molar-refractivity contribution in [1.82, 2.24) is 0 Å². The molecule has 1 heterocycles. The molecule has 46 heavy (non-hydrogen) atoms. The fourth-order valence-electron chi connectivity index (χ4n) is 5.69. The second kappa shape index (κ2) is 12.0. The lowest BCUT2D eigenvalue weighted by Crippen LogP contribution is -2.04. The summed E-state index contributed by atoms with van der Waals surface area (Å²) in [6.07, 6.45) is 7.58. The SMILES string of the molecule is Cc1cc(/C=C/c2ccc(/C=C/c3ccc(-c4c5ccc(=O)cc-5oc5cc(O)ccc45)c(C(=O)O)c3)cc2)cc(C)c1[N+](=O)[O-]. The van der Waals surface area contributed by atoms with Gasteiger partial charge in [-0.05, 0) is 84.1 Å². The van der Waals surface area contributed by atoms with E-state index >= 15 is 0 Å². The molecule has 8 heteroatoms. The Morgan fingerprint density at radius 2 is 1.33 bits per heavy atom. The van der Waals surface area contributed by atoms with Crippen LogP contribution in [-0.2, 0) is 0 Å². The molecular weight excluding hydrogens is 582 g/mol. The average molecular weight is 610 g/mol. The van der Waals surface area contributed by atoms with Crippen LogP contribution in [0.3, 0.4) is 0 Å². The molecule has 0 aromatic heterocycles. The van der Waals surface area contributed by atoms with E-state index < -0.39 is 5.97 Å². The quantitative estimate of drug-likeness (QED) is 0.0800. The van der Waals surface area contributed by atoms with E-state index in [1.807, 2.05) is 54.6 Å². The second-order valence-electron chi connectivity index (χ2n) is 11.0. The van der Waals surface area contributed by atoms with Crippen LogP contribution in [0.15, 0.2) is 100 Å². The summed E-state index contributed by atoms with van der Waals surface area (Å²) in [6, 6.07) is 25.5. The maximum absolute atomic E-state index is 12.5. The molecule has 0 bridgehead atoms. The molecule has 6 rings (SSSR count). The summed E-state index contributed by atoms with van der Waals surface area (Å²) in [7, 11) is 0. The highest BCUT2D eigenvalue weighted by Crippen LogP contribution is 2.42. The van der Waals surface area contributed by atoms with Crippen molar-refractivity contribution >= 4 is 46.9 Å². The van der Waals surface area contributed by atoms with Gasteiger partial charge < -0.3 is 14.6 Å². The van der Waals surface area contributed by atoms with Gasteiger partial charge in [0.2, 0.25) is 0 Å². The number of nitro groups is 1. The molecule has 0 amide bonds. The molecule has 1 aliphatic carbocycles. The van der Waals surface area contributed by atoms with Crippen molar-refractivity contribution < 1.29 is 24.3 Å². The molecule has 0 spiro atoms. The Hall–Kier alpha value is -6.28. The Bertz CT molecular complexity index is 2240. The first-order chi connectivity index (χ1) is 22.1. The summed E-state index contributed by atoms with van der Waals surface area (Å²) >= 11 is 0. The Morgan fingerprint density at radius 3 is 1.96 bits per heavy atom. The van der Waals surface area contributed by atoms with Crippen molar-refractivity contribution in [2.75, 3.05) is 0 Å². The fraction of sp³-hybridized carbons (Fsp3) is 0.0526. The molecule has 1 aliphatic heterocycles. The Kier molecular flexibility index (Phi) is 7.78. The largest absolute Gasteiger partial charge is 0.508 e. The predicted molar refractivity (Wildman–Crippen MR) is 180 cm³/mol. The molecule has 0 unspecified atom stereocenters. The number of fused-ring (bicyclic) bond motifs is 2. The van der Waals surface area contributed by atoms with Crippen LogP contribution < -0.4 is 5.43 Å². The number of rotatable bonds is 7. The number of carboxylic acid groups (broad SMARTS) is 1. The van der Waals surface area contributed by atoms with E-state index in [1.54, 1.807) is 50.2 Å². The van der Waals surface area contributed by atoms with Crippen molar-refractivity contribution in [2.24, 2.45) is 0 Å². The Morgan fingerprint density at radius 1 is 0.739 bits per heavy atom. The minimum Gasteiger partial charge on any atom is -0.508 e. The van der Waals surface area contributed by atoms with Gasteiger partial charge in [0, 0.05) is 39.8 Å². The first-order valence-electron chi connectivity index (χ1n) is 14.4. The van der Waals surface area contributed by atoms with E-state index in [-0.39, 0.29) is 33.1 Å². The number of nitrogens with zero attached hydrogens (tertiary/aromatic N) is 1. The van der Waals surface area contributed by atoms with Gasteiger partial charge in [-0.3, -0.25) is 14.9 Å². The van der Waals surface area contributed by atoms with Crippen LogP contribution in [0.2, 0.25) is 0 Å². The third-order valence-electron chi connectivity index (χ3n) is 7.79. The summed E-state index contributed by atoms with van der Waals surface area (Å²) in [5.74, 6) is -0.837. The fourth-order valence-corrected chi connectivity index (χ4v) is 5.69. The summed E-state index contributed by atoms with van der Waals surface area (Å²) < 4.78 is 5.90. The van der Waals surface area contributed by atoms with Crippen LogP contribution in [0.4, 0.5) is 5.69 Å². The van der Waals surface area contributed by atoms with Crippen molar-refractivity contribution in [3.05, 3.63) is 150 Å². The van der Waals surface area contributed by atoms with Crippen molar-refractivity contribution in [1.29, 1.82) is 0 Å². The molecule has 0 atom stereocenters. The Labute approximate surface area is 263 Å². The first kappa shape index (κ1) is 29.8. The molecule has 0 saturated heterocycles. The molecule has 0 fully saturated rings. The van der Waals surface area contributed by atoms with Crippen molar-refractivity contribution in [3.8, 4) is 28.2 Å². The Balaban J connectivity index is 1.29. The zero-order valence-electron chi connectivity index (χ0n) is 24.9. The highest BCUT2D eigenvalue weighted by molar-refractivity contribution is 6.08. The van der Waals surface area contributed by atoms with Gasteiger partial charge in [-0.25, -0.2) is 4.79 Å². The summed E-state index contributed by atoms with van der Waals surface area (Å²) in [5.41, 5.74) is 6.56. The van der Waals surface area contributed by atoms with Crippen LogP contribution in [0, 0.1) is 24.0 Å². The normalized spacial score (nSPS) is 11.6. The van der Waals surface area contributed by atoms with Crippen LogP contribution in [0.1, 0.15) is 43.7 Å². The summed E-state index contributed by atoms with van der Waals surface area (Å²) in [4.78, 5) is 35.5. The molecule has 4 aromatic rings. The first-order valence-corrected chi connectivity index (χ1v) is 14.4. The third kappa shape index (κ3) is 5.92. The van der Waals surface area contributed by atoms with E-state index in [0.717, 1.165) is 16.7 Å². The third-order valence-corrected chi connectivity index (χ3v) is 7.79. The molecule has 226 valence electrons. The standard InChI is InChI=1S/C38H27NO7/c1-22-17-27(18-23(2)37(22)39(44)45)10-8-25-5-3-24(4-6-25)7-9-26-11-14-30(33(19-26)38(42)43)36-31-15-12-28(40)20-34(31)46-35-21-29(41)13-16-32(35)36/h3-21,40H,1-2H3,(H,42,43)/b9-7+,10-8+. The van der Waals surface area contributed by atoms with Gasteiger partial charge in [0.15, 0.2) is 5.43 Å². The lowest BCUT2D eigenvalue weighted by molar-refractivity contribution is -0.386. The molecule has 4 aromatic carbocycles. The predicted octanol–water partition coefficient (Wildman–Crippen LogP) is 8.83. The number of aromatic carboxylic acids is 1. The van der Waals surface area contributed by atoms with Gasteiger partial charge in [0.25, 0.3) is 5.69 Å².